The second-order valence-electron chi connectivity index (χ2n) is 2.47. The summed E-state index contributed by atoms with van der Waals surface area (Å²) in [6.45, 7) is 0. The van der Waals surface area contributed by atoms with Crippen LogP contribution in [0.3, 0.4) is 0 Å². The standard InChI is InChI=1S/C8H6Cl2N2O2/c9-5-1-4(2-6(10)3-5)7(12-14)8(11)13/h1-3,14H,(H2,11,13). The lowest BCUT2D eigenvalue weighted by molar-refractivity contribution is -0.112. The van der Waals surface area contributed by atoms with E-state index in [0.717, 1.165) is 0 Å². The van der Waals surface area contributed by atoms with Gasteiger partial charge in [0, 0.05) is 15.6 Å². The molecule has 0 aliphatic rings. The number of hydrogen-bond donors (Lipinski definition) is 2. The lowest BCUT2D eigenvalue weighted by Gasteiger charge is -2.01. The van der Waals surface area contributed by atoms with Crippen LogP contribution in [0.4, 0.5) is 0 Å². The van der Waals surface area contributed by atoms with Gasteiger partial charge < -0.3 is 10.9 Å². The molecule has 3 N–H and O–H groups in total. The zero-order chi connectivity index (χ0) is 10.7. The number of primary amides is 1. The minimum absolute atomic E-state index is 0.275. The maximum atomic E-state index is 10.8. The fourth-order valence-corrected chi connectivity index (χ4v) is 1.47. The van der Waals surface area contributed by atoms with Crippen molar-refractivity contribution in [2.45, 2.75) is 0 Å². The summed E-state index contributed by atoms with van der Waals surface area (Å²) < 4.78 is 0. The van der Waals surface area contributed by atoms with E-state index >= 15 is 0 Å². The Morgan fingerprint density at radius 2 is 1.79 bits per heavy atom. The van der Waals surface area contributed by atoms with Crippen molar-refractivity contribution in [3.8, 4) is 0 Å². The average molecular weight is 233 g/mol. The zero-order valence-corrected chi connectivity index (χ0v) is 8.38. The molecule has 0 spiro atoms. The maximum absolute atomic E-state index is 10.8. The molecular formula is C8H6Cl2N2O2. The predicted molar refractivity (Wildman–Crippen MR) is 54.0 cm³/mol. The topological polar surface area (TPSA) is 75.7 Å². The number of hydrogen-bond acceptors (Lipinski definition) is 3. The van der Waals surface area contributed by atoms with Gasteiger partial charge in [-0.15, -0.1) is 0 Å². The first-order chi connectivity index (χ1) is 6.54. The molecule has 1 aromatic rings. The van der Waals surface area contributed by atoms with E-state index in [0.29, 0.717) is 10.0 Å². The van der Waals surface area contributed by atoms with Gasteiger partial charge in [-0.2, -0.15) is 0 Å². The molecule has 1 rings (SSSR count). The molecule has 0 saturated carbocycles. The molecule has 0 saturated heterocycles. The van der Waals surface area contributed by atoms with Gasteiger partial charge in [0.25, 0.3) is 5.91 Å². The van der Waals surface area contributed by atoms with E-state index in [9.17, 15) is 4.79 Å². The minimum Gasteiger partial charge on any atom is -0.410 e. The summed E-state index contributed by atoms with van der Waals surface area (Å²) in [5.74, 6) is -0.856. The van der Waals surface area contributed by atoms with Crippen LogP contribution in [0.15, 0.2) is 23.4 Å². The molecule has 0 aromatic heterocycles. The fraction of sp³-hybridized carbons (Fsp3) is 0. The first-order valence-corrected chi connectivity index (χ1v) is 4.28. The molecular weight excluding hydrogens is 227 g/mol. The number of nitrogens with two attached hydrogens (primary N) is 1. The fourth-order valence-electron chi connectivity index (χ4n) is 0.940. The predicted octanol–water partition coefficient (Wildman–Crippen LogP) is 1.66. The summed E-state index contributed by atoms with van der Waals surface area (Å²) in [5.41, 5.74) is 4.96. The van der Waals surface area contributed by atoms with Gasteiger partial charge in [-0.05, 0) is 18.2 Å². The SMILES string of the molecule is NC(=O)C(=NO)c1cc(Cl)cc(Cl)c1. The number of carbonyl (C=O) groups is 1. The van der Waals surface area contributed by atoms with Crippen LogP contribution in [-0.4, -0.2) is 16.8 Å². The van der Waals surface area contributed by atoms with Crippen molar-refractivity contribution >= 4 is 34.8 Å². The van der Waals surface area contributed by atoms with Crippen LogP contribution in [0.25, 0.3) is 0 Å². The zero-order valence-electron chi connectivity index (χ0n) is 6.87. The van der Waals surface area contributed by atoms with Crippen molar-refractivity contribution in [2.24, 2.45) is 10.9 Å². The van der Waals surface area contributed by atoms with Gasteiger partial charge in [0.2, 0.25) is 0 Å². The van der Waals surface area contributed by atoms with Gasteiger partial charge in [-0.3, -0.25) is 4.79 Å². The van der Waals surface area contributed by atoms with Gasteiger partial charge in [-0.25, -0.2) is 0 Å². The number of carbonyl (C=O) groups excluding carboxylic acids is 1. The smallest absolute Gasteiger partial charge is 0.271 e. The van der Waals surface area contributed by atoms with Crippen molar-refractivity contribution in [1.82, 2.24) is 0 Å². The first-order valence-electron chi connectivity index (χ1n) is 3.53. The van der Waals surface area contributed by atoms with E-state index in [1.807, 2.05) is 0 Å². The van der Waals surface area contributed by atoms with Crippen LogP contribution >= 0.6 is 23.2 Å². The third-order valence-corrected chi connectivity index (χ3v) is 1.91. The Morgan fingerprint density at radius 3 is 2.14 bits per heavy atom. The largest absolute Gasteiger partial charge is 0.410 e. The third kappa shape index (κ3) is 2.37. The molecule has 0 aliphatic heterocycles. The van der Waals surface area contributed by atoms with Crippen molar-refractivity contribution < 1.29 is 10.0 Å². The third-order valence-electron chi connectivity index (χ3n) is 1.47. The van der Waals surface area contributed by atoms with Crippen molar-refractivity contribution in [1.29, 1.82) is 0 Å². The summed E-state index contributed by atoms with van der Waals surface area (Å²) in [6.07, 6.45) is 0. The van der Waals surface area contributed by atoms with Crippen LogP contribution in [0, 0.1) is 0 Å². The van der Waals surface area contributed by atoms with Gasteiger partial charge >= 0.3 is 0 Å². The second-order valence-corrected chi connectivity index (χ2v) is 3.34. The number of benzene rings is 1. The molecule has 4 nitrogen and oxygen atoms in total. The molecule has 0 atom stereocenters. The molecule has 0 bridgehead atoms. The molecule has 0 radical (unpaired) electrons. The molecule has 14 heavy (non-hydrogen) atoms. The molecule has 74 valence electrons. The number of nitrogens with zero attached hydrogens (tertiary/aromatic N) is 1. The second kappa shape index (κ2) is 4.30. The Hall–Kier alpha value is -1.26. The molecule has 6 heteroatoms. The quantitative estimate of drug-likeness (QED) is 0.463. The van der Waals surface area contributed by atoms with E-state index in [1.165, 1.54) is 18.2 Å². The maximum Gasteiger partial charge on any atom is 0.271 e. The minimum atomic E-state index is -0.856. The highest BCUT2D eigenvalue weighted by Crippen LogP contribution is 2.19. The van der Waals surface area contributed by atoms with Crippen LogP contribution < -0.4 is 5.73 Å². The van der Waals surface area contributed by atoms with E-state index in [-0.39, 0.29) is 11.3 Å². The van der Waals surface area contributed by atoms with Crippen molar-refractivity contribution in [3.05, 3.63) is 33.8 Å². The number of halogens is 2. The number of oxime groups is 1. The van der Waals surface area contributed by atoms with E-state index in [4.69, 9.17) is 34.1 Å². The highest BCUT2D eigenvalue weighted by atomic mass is 35.5. The Balaban J connectivity index is 3.24. The van der Waals surface area contributed by atoms with E-state index < -0.39 is 5.91 Å². The molecule has 1 amide bonds. The summed E-state index contributed by atoms with van der Waals surface area (Å²) >= 11 is 11.4. The van der Waals surface area contributed by atoms with Crippen LogP contribution in [0.1, 0.15) is 5.56 Å². The van der Waals surface area contributed by atoms with Gasteiger partial charge in [0.1, 0.15) is 0 Å². The first kappa shape index (κ1) is 10.8. The Bertz CT molecular complexity index is 384. The monoisotopic (exact) mass is 232 g/mol. The molecule has 1 aromatic carbocycles. The normalized spacial score (nSPS) is 11.4. The van der Waals surface area contributed by atoms with Crippen molar-refractivity contribution in [2.75, 3.05) is 0 Å². The van der Waals surface area contributed by atoms with Crippen LogP contribution in [-0.2, 0) is 4.79 Å². The highest BCUT2D eigenvalue weighted by molar-refractivity contribution is 6.45. The van der Waals surface area contributed by atoms with E-state index in [1.54, 1.807) is 0 Å². The molecule has 0 unspecified atom stereocenters. The highest BCUT2D eigenvalue weighted by Gasteiger charge is 2.12. The summed E-state index contributed by atoms with van der Waals surface area (Å²) in [4.78, 5) is 10.8. The molecule has 0 fully saturated rings. The van der Waals surface area contributed by atoms with Crippen LogP contribution in [0.5, 0.6) is 0 Å². The molecule has 0 heterocycles. The summed E-state index contributed by atoms with van der Waals surface area (Å²) in [5, 5.41) is 12.0. The number of rotatable bonds is 2. The molecule has 0 aliphatic carbocycles. The Morgan fingerprint density at radius 1 is 1.29 bits per heavy atom. The number of amides is 1. The average Bonchev–Trinajstić information content (AvgIpc) is 2.02. The van der Waals surface area contributed by atoms with Crippen molar-refractivity contribution in [3.63, 3.8) is 0 Å². The Labute approximate surface area is 89.9 Å². The summed E-state index contributed by atoms with van der Waals surface area (Å²) in [6, 6.07) is 4.34. The van der Waals surface area contributed by atoms with E-state index in [2.05, 4.69) is 5.16 Å². The van der Waals surface area contributed by atoms with Gasteiger partial charge in [0.15, 0.2) is 5.71 Å². The van der Waals surface area contributed by atoms with Crippen LogP contribution in [0.2, 0.25) is 10.0 Å². The van der Waals surface area contributed by atoms with Gasteiger partial charge in [-0.1, -0.05) is 28.4 Å². The lowest BCUT2D eigenvalue weighted by atomic mass is 10.1. The Kier molecular flexibility index (Phi) is 3.33. The van der Waals surface area contributed by atoms with Gasteiger partial charge in [0.05, 0.1) is 0 Å². The summed E-state index contributed by atoms with van der Waals surface area (Å²) in [7, 11) is 0. The lowest BCUT2D eigenvalue weighted by Crippen LogP contribution is -2.24.